The molecule has 2 atom stereocenters. The molecular formula is C40H34O5. The molecule has 45 heavy (non-hydrogen) atoms. The maximum absolute atomic E-state index is 12.6. The van der Waals surface area contributed by atoms with Gasteiger partial charge in [-0.1, -0.05) is 67.8 Å². The van der Waals surface area contributed by atoms with E-state index in [0.29, 0.717) is 29.1 Å². The molecule has 224 valence electrons. The van der Waals surface area contributed by atoms with Crippen molar-refractivity contribution >= 4 is 33.5 Å². The number of hydrogen-bond acceptors (Lipinski definition) is 5. The molecule has 5 nitrogen and oxygen atoms in total. The molecule has 2 aliphatic carbocycles. The summed E-state index contributed by atoms with van der Waals surface area (Å²) in [5.74, 6) is 1.91. The predicted molar refractivity (Wildman–Crippen MR) is 177 cm³/mol. The third-order valence-electron chi connectivity index (χ3n) is 8.93. The summed E-state index contributed by atoms with van der Waals surface area (Å²) in [5, 5.41) is 4.27. The molecule has 0 amide bonds. The third-order valence-corrected chi connectivity index (χ3v) is 8.93. The number of rotatable bonds is 5. The number of ether oxygens (including phenoxy) is 3. The lowest BCUT2D eigenvalue weighted by Crippen LogP contribution is -2.24. The Morgan fingerprint density at radius 3 is 2.38 bits per heavy atom. The van der Waals surface area contributed by atoms with E-state index >= 15 is 0 Å². The summed E-state index contributed by atoms with van der Waals surface area (Å²) >= 11 is 0. The number of fused-ring (bicyclic) bond motifs is 6. The Morgan fingerprint density at radius 1 is 0.844 bits per heavy atom. The third kappa shape index (κ3) is 5.29. The fourth-order valence-electron chi connectivity index (χ4n) is 6.71. The Bertz CT molecular complexity index is 2040. The molecule has 1 heterocycles. The molecule has 3 aliphatic rings. The molecule has 1 aliphatic heterocycles. The summed E-state index contributed by atoms with van der Waals surface area (Å²) in [5.41, 5.74) is 5.06. The van der Waals surface area contributed by atoms with E-state index in [2.05, 4.69) is 61.7 Å². The maximum Gasteiger partial charge on any atom is 0.338 e. The molecule has 0 N–H and O–H groups in total. The lowest BCUT2D eigenvalue weighted by molar-refractivity contribution is -0.135. The number of allylic oxidation sites excluding steroid dienone is 5. The van der Waals surface area contributed by atoms with Crippen molar-refractivity contribution in [2.45, 2.75) is 45.4 Å². The van der Waals surface area contributed by atoms with Crippen molar-refractivity contribution in [3.8, 4) is 11.5 Å². The van der Waals surface area contributed by atoms with Crippen LogP contribution in [0.5, 0.6) is 11.5 Å². The van der Waals surface area contributed by atoms with Gasteiger partial charge in [-0.25, -0.2) is 9.59 Å². The largest absolute Gasteiger partial charge is 0.457 e. The van der Waals surface area contributed by atoms with Gasteiger partial charge in [-0.05, 0) is 102 Å². The average molecular weight is 595 g/mol. The van der Waals surface area contributed by atoms with E-state index in [9.17, 15) is 9.59 Å². The minimum atomic E-state index is -0.466. The van der Waals surface area contributed by atoms with Gasteiger partial charge in [0.15, 0.2) is 0 Å². The number of benzene rings is 4. The molecule has 4 aromatic carbocycles. The van der Waals surface area contributed by atoms with Gasteiger partial charge in [-0.3, -0.25) is 0 Å². The van der Waals surface area contributed by atoms with Gasteiger partial charge in [-0.15, -0.1) is 0 Å². The molecule has 0 bridgehead atoms. The van der Waals surface area contributed by atoms with Gasteiger partial charge in [-0.2, -0.15) is 0 Å². The molecule has 0 saturated heterocycles. The quantitative estimate of drug-likeness (QED) is 0.131. The van der Waals surface area contributed by atoms with Gasteiger partial charge >= 0.3 is 11.9 Å². The molecule has 7 rings (SSSR count). The summed E-state index contributed by atoms with van der Waals surface area (Å²) in [4.78, 5) is 25.0. The maximum atomic E-state index is 12.6. The molecule has 0 spiro atoms. The van der Waals surface area contributed by atoms with E-state index in [1.807, 2.05) is 36.4 Å². The Hall–Kier alpha value is -5.16. The monoisotopic (exact) mass is 594 g/mol. The summed E-state index contributed by atoms with van der Waals surface area (Å²) < 4.78 is 18.2. The smallest absolute Gasteiger partial charge is 0.338 e. The molecule has 4 aromatic rings. The summed E-state index contributed by atoms with van der Waals surface area (Å²) in [6.07, 6.45) is 7.71. The summed E-state index contributed by atoms with van der Waals surface area (Å²) in [6.45, 7) is 10.8. The van der Waals surface area contributed by atoms with E-state index in [4.69, 9.17) is 14.2 Å². The van der Waals surface area contributed by atoms with Crippen LogP contribution in [0, 0.1) is 5.92 Å². The van der Waals surface area contributed by atoms with Crippen LogP contribution in [0.15, 0.2) is 132 Å². The lowest BCUT2D eigenvalue weighted by atomic mass is 9.72. The number of carbonyl (C=O) groups excluding carboxylic acids is 2. The number of esters is 2. The topological polar surface area (TPSA) is 61.8 Å². The second-order valence-electron chi connectivity index (χ2n) is 12.2. The first-order valence-electron chi connectivity index (χ1n) is 15.4. The lowest BCUT2D eigenvalue weighted by Gasteiger charge is -2.37. The van der Waals surface area contributed by atoms with Crippen LogP contribution in [-0.2, 0) is 14.3 Å². The van der Waals surface area contributed by atoms with Crippen molar-refractivity contribution in [2.24, 2.45) is 5.92 Å². The van der Waals surface area contributed by atoms with Gasteiger partial charge in [0.2, 0.25) is 0 Å². The van der Waals surface area contributed by atoms with Crippen LogP contribution in [-0.4, -0.2) is 11.9 Å². The van der Waals surface area contributed by atoms with E-state index in [0.717, 1.165) is 69.2 Å². The molecule has 5 heteroatoms. The Labute approximate surface area is 262 Å². The highest BCUT2D eigenvalue weighted by molar-refractivity contribution is 5.94. The average Bonchev–Trinajstić information content (AvgIpc) is 3.25. The van der Waals surface area contributed by atoms with Crippen molar-refractivity contribution in [1.82, 2.24) is 0 Å². The van der Waals surface area contributed by atoms with E-state index in [1.165, 1.54) is 5.39 Å². The van der Waals surface area contributed by atoms with Crippen molar-refractivity contribution in [2.75, 3.05) is 0 Å². The molecular weight excluding hydrogens is 560 g/mol. The second kappa shape index (κ2) is 11.4. The molecule has 0 saturated carbocycles. The van der Waals surface area contributed by atoms with Crippen LogP contribution >= 0.6 is 0 Å². The van der Waals surface area contributed by atoms with Crippen LogP contribution < -0.4 is 9.47 Å². The SMILES string of the molecule is C=C(C)C(=O)OC1=CC2=C3C(=CCC2CCC1)Oc1ccc2ccc(OC(=O)C(=C)C)cc2c1C3c1ccc2ccccc2c1. The highest BCUT2D eigenvalue weighted by atomic mass is 16.5. The minimum absolute atomic E-state index is 0.189. The Morgan fingerprint density at radius 2 is 1.58 bits per heavy atom. The fraction of sp³-hybridized carbons (Fsp3) is 0.200. The van der Waals surface area contributed by atoms with Crippen molar-refractivity contribution in [3.63, 3.8) is 0 Å². The second-order valence-corrected chi connectivity index (χ2v) is 12.2. The van der Waals surface area contributed by atoms with Gasteiger partial charge in [0, 0.05) is 34.6 Å². The first-order chi connectivity index (χ1) is 21.8. The van der Waals surface area contributed by atoms with Crippen LogP contribution in [0.25, 0.3) is 21.5 Å². The van der Waals surface area contributed by atoms with Gasteiger partial charge in [0.1, 0.15) is 23.0 Å². The zero-order valence-corrected chi connectivity index (χ0v) is 25.5. The van der Waals surface area contributed by atoms with Gasteiger partial charge in [0.05, 0.1) is 0 Å². The first-order valence-corrected chi connectivity index (χ1v) is 15.4. The summed E-state index contributed by atoms with van der Waals surface area (Å²) in [6, 6.07) is 24.8. The van der Waals surface area contributed by atoms with Crippen LogP contribution in [0.4, 0.5) is 0 Å². The van der Waals surface area contributed by atoms with E-state index < -0.39 is 11.9 Å². The zero-order chi connectivity index (χ0) is 31.2. The van der Waals surface area contributed by atoms with Gasteiger partial charge in [0.25, 0.3) is 0 Å². The first kappa shape index (κ1) is 28.6. The standard InChI is InChI=1S/C40H34O5/c1-23(2)39(41)43-30-11-7-10-26-15-18-34-37(32(26)21-30)36(29-13-12-25-8-5-6-9-28(25)20-29)38-33-22-31(44-40(42)24(3)4)17-14-27(33)16-19-35(38)45-34/h5-6,8-9,12-14,16-22,26,36H,1,3,7,10-11,15H2,2,4H3. The highest BCUT2D eigenvalue weighted by Gasteiger charge is 2.39. The van der Waals surface area contributed by atoms with Gasteiger partial charge < -0.3 is 14.2 Å². The van der Waals surface area contributed by atoms with Crippen molar-refractivity contribution in [3.05, 3.63) is 143 Å². The molecule has 0 radical (unpaired) electrons. The molecule has 2 unspecified atom stereocenters. The van der Waals surface area contributed by atoms with Crippen LogP contribution in [0.2, 0.25) is 0 Å². The van der Waals surface area contributed by atoms with Crippen LogP contribution in [0.1, 0.15) is 56.6 Å². The molecule has 0 aromatic heterocycles. The summed E-state index contributed by atoms with van der Waals surface area (Å²) in [7, 11) is 0. The Kier molecular flexibility index (Phi) is 7.25. The normalized spacial score (nSPS) is 18.8. The van der Waals surface area contributed by atoms with Crippen molar-refractivity contribution < 1.29 is 23.8 Å². The fourth-order valence-corrected chi connectivity index (χ4v) is 6.71. The highest BCUT2D eigenvalue weighted by Crippen LogP contribution is 2.53. The Balaban J connectivity index is 1.50. The zero-order valence-electron chi connectivity index (χ0n) is 25.5. The number of hydrogen-bond donors (Lipinski definition) is 0. The van der Waals surface area contributed by atoms with Crippen molar-refractivity contribution in [1.29, 1.82) is 0 Å². The van der Waals surface area contributed by atoms with E-state index in [-0.39, 0.29) is 11.8 Å². The van der Waals surface area contributed by atoms with E-state index in [1.54, 1.807) is 13.8 Å². The molecule has 0 fully saturated rings. The van der Waals surface area contributed by atoms with Crippen LogP contribution in [0.3, 0.4) is 0 Å². The predicted octanol–water partition coefficient (Wildman–Crippen LogP) is 9.39. The minimum Gasteiger partial charge on any atom is -0.457 e. The number of carbonyl (C=O) groups is 2.